The number of rotatable bonds is 1. The van der Waals surface area contributed by atoms with Gasteiger partial charge < -0.3 is 14.5 Å². The second-order valence-electron chi connectivity index (χ2n) is 6.05. The molecule has 2 fully saturated rings. The molecule has 114 valence electrons. The number of nitrogens with zero attached hydrogens (tertiary/aromatic N) is 4. The molecule has 0 bridgehead atoms. The number of hydrogen-bond acceptors (Lipinski definition) is 5. The lowest BCUT2D eigenvalue weighted by Gasteiger charge is -2.46. The van der Waals surface area contributed by atoms with Crippen molar-refractivity contribution in [1.29, 1.82) is 0 Å². The minimum Gasteiger partial charge on any atom is -0.372 e. The lowest BCUT2D eigenvalue weighted by molar-refractivity contribution is -0.127. The largest absolute Gasteiger partial charge is 0.372 e. The summed E-state index contributed by atoms with van der Waals surface area (Å²) in [4.78, 5) is 24.9. The molecule has 1 aromatic heterocycles. The van der Waals surface area contributed by atoms with Crippen LogP contribution in [0.1, 0.15) is 29.2 Å². The first-order valence-corrected chi connectivity index (χ1v) is 7.49. The molecule has 0 atom stereocenters. The van der Waals surface area contributed by atoms with Crippen molar-refractivity contribution in [3.05, 3.63) is 23.8 Å². The van der Waals surface area contributed by atoms with Crippen molar-refractivity contribution >= 4 is 5.91 Å². The Kier molecular flexibility index (Phi) is 3.91. The van der Waals surface area contributed by atoms with E-state index in [1.165, 1.54) is 0 Å². The van der Waals surface area contributed by atoms with Gasteiger partial charge in [0, 0.05) is 32.4 Å². The van der Waals surface area contributed by atoms with E-state index in [1.807, 2.05) is 4.90 Å². The number of piperidine rings is 1. The van der Waals surface area contributed by atoms with E-state index in [4.69, 9.17) is 4.74 Å². The molecule has 0 aromatic carbocycles. The van der Waals surface area contributed by atoms with Crippen molar-refractivity contribution in [2.45, 2.75) is 25.4 Å². The average Bonchev–Trinajstić information content (AvgIpc) is 2.47. The number of carbonyl (C=O) groups excluding carboxylic acids is 1. The summed E-state index contributed by atoms with van der Waals surface area (Å²) >= 11 is 0. The fourth-order valence-electron chi connectivity index (χ4n) is 3.19. The number of aryl methyl sites for hydroxylation is 1. The third-order valence-electron chi connectivity index (χ3n) is 4.40. The lowest BCUT2D eigenvalue weighted by Crippen LogP contribution is -2.56. The number of aromatic nitrogens is 2. The average molecular weight is 290 g/mol. The summed E-state index contributed by atoms with van der Waals surface area (Å²) < 4.78 is 6.02. The van der Waals surface area contributed by atoms with Crippen LogP contribution in [0.3, 0.4) is 0 Å². The maximum atomic E-state index is 12.5. The van der Waals surface area contributed by atoms with Gasteiger partial charge in [0.1, 0.15) is 11.5 Å². The molecule has 2 saturated heterocycles. The predicted octanol–water partition coefficient (Wildman–Crippen LogP) is 0.722. The molecule has 3 rings (SSSR count). The molecule has 0 aliphatic carbocycles. The highest BCUT2D eigenvalue weighted by molar-refractivity contribution is 5.92. The second-order valence-corrected chi connectivity index (χ2v) is 6.05. The first-order chi connectivity index (χ1) is 10.1. The van der Waals surface area contributed by atoms with E-state index in [0.29, 0.717) is 11.5 Å². The molecule has 1 amide bonds. The van der Waals surface area contributed by atoms with Gasteiger partial charge in [-0.15, -0.1) is 0 Å². The molecule has 0 saturated carbocycles. The Morgan fingerprint density at radius 3 is 2.76 bits per heavy atom. The Hall–Kier alpha value is -1.53. The van der Waals surface area contributed by atoms with Crippen LogP contribution in [0.5, 0.6) is 0 Å². The van der Waals surface area contributed by atoms with Crippen LogP contribution in [0.25, 0.3) is 0 Å². The Morgan fingerprint density at radius 1 is 1.33 bits per heavy atom. The quantitative estimate of drug-likeness (QED) is 0.763. The van der Waals surface area contributed by atoms with Crippen molar-refractivity contribution in [3.63, 3.8) is 0 Å². The monoisotopic (exact) mass is 290 g/mol. The van der Waals surface area contributed by atoms with Crippen molar-refractivity contribution < 1.29 is 9.53 Å². The molecule has 0 N–H and O–H groups in total. The Morgan fingerprint density at radius 2 is 2.10 bits per heavy atom. The van der Waals surface area contributed by atoms with E-state index < -0.39 is 0 Å². The van der Waals surface area contributed by atoms with Gasteiger partial charge in [-0.05, 0) is 32.9 Å². The van der Waals surface area contributed by atoms with E-state index in [9.17, 15) is 4.79 Å². The van der Waals surface area contributed by atoms with Crippen molar-refractivity contribution in [3.8, 4) is 0 Å². The summed E-state index contributed by atoms with van der Waals surface area (Å²) in [5.74, 6) is 0.631. The molecule has 2 aliphatic heterocycles. The van der Waals surface area contributed by atoms with Crippen molar-refractivity contribution in [2.75, 3.05) is 39.8 Å². The molecule has 0 radical (unpaired) electrons. The van der Waals surface area contributed by atoms with Crippen LogP contribution >= 0.6 is 0 Å². The van der Waals surface area contributed by atoms with Gasteiger partial charge in [0.2, 0.25) is 0 Å². The fourth-order valence-corrected chi connectivity index (χ4v) is 3.19. The summed E-state index contributed by atoms with van der Waals surface area (Å²) in [6.07, 6.45) is 3.43. The normalized spacial score (nSPS) is 22.5. The third-order valence-corrected chi connectivity index (χ3v) is 4.40. The first kappa shape index (κ1) is 14.4. The van der Waals surface area contributed by atoms with Crippen LogP contribution in [0, 0.1) is 6.92 Å². The van der Waals surface area contributed by atoms with Crippen LogP contribution in [0.15, 0.2) is 12.3 Å². The molecular formula is C15H22N4O2. The molecule has 0 unspecified atom stereocenters. The smallest absolute Gasteiger partial charge is 0.272 e. The molecule has 2 aliphatic rings. The number of ether oxygens (including phenoxy) is 1. The predicted molar refractivity (Wildman–Crippen MR) is 78.1 cm³/mol. The SMILES string of the molecule is Cc1nccc(C(=O)N2CCC3(CC2)CN(C)CCO3)n1. The van der Waals surface area contributed by atoms with Gasteiger partial charge in [-0.1, -0.05) is 0 Å². The van der Waals surface area contributed by atoms with Crippen LogP contribution in [0.2, 0.25) is 0 Å². The summed E-state index contributed by atoms with van der Waals surface area (Å²) in [6, 6.07) is 1.69. The maximum absolute atomic E-state index is 12.5. The minimum atomic E-state index is -0.0641. The van der Waals surface area contributed by atoms with Crippen LogP contribution < -0.4 is 0 Å². The third kappa shape index (κ3) is 3.06. The maximum Gasteiger partial charge on any atom is 0.272 e. The highest BCUT2D eigenvalue weighted by Gasteiger charge is 2.39. The number of carbonyl (C=O) groups is 1. The minimum absolute atomic E-state index is 0.000450. The van der Waals surface area contributed by atoms with Crippen LogP contribution in [0.4, 0.5) is 0 Å². The highest BCUT2D eigenvalue weighted by atomic mass is 16.5. The molecular weight excluding hydrogens is 268 g/mol. The second kappa shape index (κ2) is 5.69. The van der Waals surface area contributed by atoms with Gasteiger partial charge >= 0.3 is 0 Å². The number of likely N-dealkylation sites (tertiary alicyclic amines) is 1. The Bertz CT molecular complexity index is 526. The molecule has 1 spiro atoms. The summed E-state index contributed by atoms with van der Waals surface area (Å²) in [6.45, 7) is 6.00. The standard InChI is InChI=1S/C15H22N4O2/c1-12-16-6-3-13(17-12)14(20)19-7-4-15(5-8-19)11-18(2)9-10-21-15/h3,6H,4-5,7-11H2,1-2H3. The first-order valence-electron chi connectivity index (χ1n) is 7.49. The summed E-state index contributed by atoms with van der Waals surface area (Å²) in [5, 5.41) is 0. The lowest BCUT2D eigenvalue weighted by atomic mass is 9.89. The van der Waals surface area contributed by atoms with Gasteiger partial charge in [-0.3, -0.25) is 4.79 Å². The zero-order valence-electron chi connectivity index (χ0n) is 12.7. The highest BCUT2D eigenvalue weighted by Crippen LogP contribution is 2.30. The van der Waals surface area contributed by atoms with E-state index in [2.05, 4.69) is 21.9 Å². The van der Waals surface area contributed by atoms with Crippen LogP contribution in [-0.2, 0) is 4.74 Å². The fraction of sp³-hybridized carbons (Fsp3) is 0.667. The molecule has 3 heterocycles. The van der Waals surface area contributed by atoms with Gasteiger partial charge in [0.05, 0.1) is 12.2 Å². The molecule has 6 heteroatoms. The molecule has 21 heavy (non-hydrogen) atoms. The number of hydrogen-bond donors (Lipinski definition) is 0. The van der Waals surface area contributed by atoms with E-state index in [1.54, 1.807) is 19.2 Å². The van der Waals surface area contributed by atoms with Crippen molar-refractivity contribution in [2.24, 2.45) is 0 Å². The van der Waals surface area contributed by atoms with Gasteiger partial charge in [-0.2, -0.15) is 0 Å². The Labute approximate surface area is 125 Å². The van der Waals surface area contributed by atoms with E-state index >= 15 is 0 Å². The van der Waals surface area contributed by atoms with E-state index in [0.717, 1.165) is 45.6 Å². The molecule has 6 nitrogen and oxygen atoms in total. The van der Waals surface area contributed by atoms with E-state index in [-0.39, 0.29) is 11.5 Å². The van der Waals surface area contributed by atoms with Gasteiger partial charge in [0.25, 0.3) is 5.91 Å². The summed E-state index contributed by atoms with van der Waals surface area (Å²) in [5.41, 5.74) is 0.422. The van der Waals surface area contributed by atoms with Crippen molar-refractivity contribution in [1.82, 2.24) is 19.8 Å². The number of likely N-dealkylation sites (N-methyl/N-ethyl adjacent to an activating group) is 1. The number of morpholine rings is 1. The zero-order chi connectivity index (χ0) is 14.9. The topological polar surface area (TPSA) is 58.6 Å². The zero-order valence-corrected chi connectivity index (χ0v) is 12.7. The number of amides is 1. The molecule has 1 aromatic rings. The Balaban J connectivity index is 1.64. The van der Waals surface area contributed by atoms with Crippen LogP contribution in [-0.4, -0.2) is 71.1 Å². The summed E-state index contributed by atoms with van der Waals surface area (Å²) in [7, 11) is 2.13. The van der Waals surface area contributed by atoms with Gasteiger partial charge in [0.15, 0.2) is 0 Å². The van der Waals surface area contributed by atoms with Gasteiger partial charge in [-0.25, -0.2) is 9.97 Å².